The largest absolute Gasteiger partial charge is 0.368 e. The molecule has 0 atom stereocenters. The molecule has 3 heterocycles. The molecular formula is C20H32N6O3. The molecule has 0 unspecified atom stereocenters. The first-order valence-electron chi connectivity index (χ1n) is 10.3. The Bertz CT molecular complexity index is 794. The van der Waals surface area contributed by atoms with Crippen LogP contribution in [-0.2, 0) is 23.2 Å². The fourth-order valence-corrected chi connectivity index (χ4v) is 4.28. The van der Waals surface area contributed by atoms with Crippen molar-refractivity contribution < 1.29 is 14.4 Å². The molecule has 2 saturated heterocycles. The quantitative estimate of drug-likeness (QED) is 0.679. The Hall–Kier alpha value is -2.42. The van der Waals surface area contributed by atoms with Gasteiger partial charge in [-0.25, -0.2) is 4.79 Å². The van der Waals surface area contributed by atoms with Crippen LogP contribution in [0.2, 0.25) is 0 Å². The summed E-state index contributed by atoms with van der Waals surface area (Å²) in [5, 5.41) is 4.30. The number of urea groups is 1. The maximum Gasteiger partial charge on any atom is 0.328 e. The van der Waals surface area contributed by atoms with Crippen LogP contribution in [0.5, 0.6) is 0 Å². The fraction of sp³-hybridized carbons (Fsp3) is 0.700. The monoisotopic (exact) mass is 404 g/mol. The average molecular weight is 405 g/mol. The normalized spacial score (nSPS) is 19.8. The molecule has 1 aromatic rings. The van der Waals surface area contributed by atoms with E-state index in [2.05, 4.69) is 23.8 Å². The number of hydrogen-bond donors (Lipinski definition) is 1. The van der Waals surface area contributed by atoms with Gasteiger partial charge in [-0.05, 0) is 32.1 Å². The topological polar surface area (TPSA) is 105 Å². The first kappa shape index (κ1) is 21.3. The van der Waals surface area contributed by atoms with Crippen molar-refractivity contribution >= 4 is 17.8 Å². The third-order valence-electron chi connectivity index (χ3n) is 6.28. The third kappa shape index (κ3) is 4.01. The summed E-state index contributed by atoms with van der Waals surface area (Å²) >= 11 is 0. The Morgan fingerprint density at radius 3 is 2.45 bits per heavy atom. The number of nitrogens with zero attached hydrogens (tertiary/aromatic N) is 5. The van der Waals surface area contributed by atoms with E-state index in [0.29, 0.717) is 38.4 Å². The lowest BCUT2D eigenvalue weighted by Crippen LogP contribution is -2.56. The number of rotatable bonds is 7. The molecule has 4 amide bonds. The maximum atomic E-state index is 13.2. The predicted molar refractivity (Wildman–Crippen MR) is 108 cm³/mol. The smallest absolute Gasteiger partial charge is 0.328 e. The molecule has 9 heteroatoms. The van der Waals surface area contributed by atoms with Gasteiger partial charge in [0.15, 0.2) is 0 Å². The van der Waals surface area contributed by atoms with E-state index in [0.717, 1.165) is 23.6 Å². The summed E-state index contributed by atoms with van der Waals surface area (Å²) < 4.78 is 1.86. The molecule has 3 rings (SSSR count). The van der Waals surface area contributed by atoms with Crippen molar-refractivity contribution in [3.8, 4) is 0 Å². The van der Waals surface area contributed by atoms with Crippen molar-refractivity contribution in [3.63, 3.8) is 0 Å². The highest BCUT2D eigenvalue weighted by Crippen LogP contribution is 2.38. The van der Waals surface area contributed by atoms with E-state index >= 15 is 0 Å². The first-order chi connectivity index (χ1) is 13.7. The van der Waals surface area contributed by atoms with Crippen LogP contribution in [-0.4, -0.2) is 74.0 Å². The number of aromatic nitrogens is 2. The van der Waals surface area contributed by atoms with E-state index in [-0.39, 0.29) is 18.5 Å². The zero-order chi connectivity index (χ0) is 21.3. The van der Waals surface area contributed by atoms with Gasteiger partial charge in [0, 0.05) is 44.5 Å². The van der Waals surface area contributed by atoms with Crippen molar-refractivity contribution in [2.75, 3.05) is 26.2 Å². The van der Waals surface area contributed by atoms with Crippen LogP contribution in [0.1, 0.15) is 44.4 Å². The molecule has 2 aliphatic heterocycles. The van der Waals surface area contributed by atoms with E-state index in [4.69, 9.17) is 5.73 Å². The molecule has 1 aromatic heterocycles. The second-order valence-electron chi connectivity index (χ2n) is 8.66. The summed E-state index contributed by atoms with van der Waals surface area (Å²) in [5.74, 6) is -0.534. The molecule has 0 bridgehead atoms. The van der Waals surface area contributed by atoms with E-state index in [1.54, 1.807) is 4.90 Å². The van der Waals surface area contributed by atoms with Gasteiger partial charge >= 0.3 is 6.03 Å². The van der Waals surface area contributed by atoms with Crippen molar-refractivity contribution in [3.05, 3.63) is 17.5 Å². The highest BCUT2D eigenvalue weighted by molar-refractivity contribution is 6.09. The molecule has 160 valence electrons. The number of imide groups is 1. The minimum atomic E-state index is -0.859. The number of nitrogens with two attached hydrogens (primary N) is 1. The highest BCUT2D eigenvalue weighted by Gasteiger charge is 2.57. The third-order valence-corrected chi connectivity index (χ3v) is 6.28. The number of piperidine rings is 1. The van der Waals surface area contributed by atoms with Gasteiger partial charge in [-0.3, -0.25) is 24.1 Å². The van der Waals surface area contributed by atoms with Gasteiger partial charge in [-0.15, -0.1) is 0 Å². The SMILES string of the molecule is Cc1c(CN2CCC3(CC2)C(=O)N(CC(N)=O)C(=O)N3CCC(C)C)cnn1C. The molecule has 2 N–H and O–H groups in total. The van der Waals surface area contributed by atoms with Gasteiger partial charge in [0.25, 0.3) is 5.91 Å². The number of likely N-dealkylation sites (tertiary alicyclic amines) is 1. The lowest BCUT2D eigenvalue weighted by Gasteiger charge is -2.42. The summed E-state index contributed by atoms with van der Waals surface area (Å²) in [4.78, 5) is 42.6. The lowest BCUT2D eigenvalue weighted by molar-refractivity contribution is -0.137. The molecule has 2 fully saturated rings. The Morgan fingerprint density at radius 1 is 1.28 bits per heavy atom. The summed E-state index contributed by atoms with van der Waals surface area (Å²) in [7, 11) is 1.92. The van der Waals surface area contributed by atoms with Crippen LogP contribution >= 0.6 is 0 Å². The van der Waals surface area contributed by atoms with Crippen molar-refractivity contribution in [2.45, 2.75) is 52.1 Å². The van der Waals surface area contributed by atoms with Crippen LogP contribution in [0.25, 0.3) is 0 Å². The first-order valence-corrected chi connectivity index (χ1v) is 10.3. The Morgan fingerprint density at radius 2 is 1.93 bits per heavy atom. The van der Waals surface area contributed by atoms with Crippen molar-refractivity contribution in [1.82, 2.24) is 24.5 Å². The van der Waals surface area contributed by atoms with Crippen molar-refractivity contribution in [2.24, 2.45) is 18.7 Å². The van der Waals surface area contributed by atoms with Crippen molar-refractivity contribution in [1.29, 1.82) is 0 Å². The summed E-state index contributed by atoms with van der Waals surface area (Å²) in [6.45, 7) is 8.57. The molecule has 9 nitrogen and oxygen atoms in total. The Balaban J connectivity index is 1.76. The molecule has 0 saturated carbocycles. The molecule has 1 spiro atoms. The molecule has 29 heavy (non-hydrogen) atoms. The number of aryl methyl sites for hydroxylation is 1. The summed E-state index contributed by atoms with van der Waals surface area (Å²) in [6.07, 6.45) is 3.81. The van der Waals surface area contributed by atoms with Crippen LogP contribution < -0.4 is 5.73 Å². The standard InChI is InChI=1S/C20H32N6O3/c1-14(2)5-8-26-19(29)25(13-17(21)27)18(28)20(26)6-9-24(10-7-20)12-16-11-22-23(4)15(16)3/h11,14H,5-10,12-13H2,1-4H3,(H2,21,27). The lowest BCUT2D eigenvalue weighted by atomic mass is 9.85. The van der Waals surface area contributed by atoms with E-state index < -0.39 is 11.4 Å². The zero-order valence-electron chi connectivity index (χ0n) is 17.8. The van der Waals surface area contributed by atoms with E-state index in [9.17, 15) is 14.4 Å². The van der Waals surface area contributed by atoms with Gasteiger partial charge in [0.1, 0.15) is 12.1 Å². The number of amides is 4. The second-order valence-corrected chi connectivity index (χ2v) is 8.66. The average Bonchev–Trinajstić information content (AvgIpc) is 3.06. The molecular weight excluding hydrogens is 372 g/mol. The summed E-state index contributed by atoms with van der Waals surface area (Å²) in [6, 6.07) is -0.383. The van der Waals surface area contributed by atoms with Gasteiger partial charge in [0.05, 0.1) is 6.20 Å². The maximum absolute atomic E-state index is 13.2. The van der Waals surface area contributed by atoms with Crippen LogP contribution in [0, 0.1) is 12.8 Å². The van der Waals surface area contributed by atoms with Crippen LogP contribution in [0.15, 0.2) is 6.20 Å². The van der Waals surface area contributed by atoms with E-state index in [1.165, 1.54) is 5.56 Å². The number of carbonyl (C=O) groups excluding carboxylic acids is 3. The molecule has 0 aliphatic carbocycles. The Labute approximate surface area is 171 Å². The minimum absolute atomic E-state index is 0.276. The van der Waals surface area contributed by atoms with Gasteiger partial charge in [-0.2, -0.15) is 5.10 Å². The molecule has 0 radical (unpaired) electrons. The Kier molecular flexibility index (Phi) is 5.97. The van der Waals surface area contributed by atoms with Gasteiger partial charge in [-0.1, -0.05) is 13.8 Å². The van der Waals surface area contributed by atoms with Crippen LogP contribution in [0.4, 0.5) is 4.79 Å². The molecule has 2 aliphatic rings. The summed E-state index contributed by atoms with van der Waals surface area (Å²) in [5.41, 5.74) is 6.73. The number of carbonyl (C=O) groups is 3. The zero-order valence-corrected chi connectivity index (χ0v) is 17.8. The highest BCUT2D eigenvalue weighted by atomic mass is 16.2. The number of hydrogen-bond acceptors (Lipinski definition) is 5. The minimum Gasteiger partial charge on any atom is -0.368 e. The van der Waals surface area contributed by atoms with Gasteiger partial charge < -0.3 is 10.6 Å². The number of primary amides is 1. The molecule has 0 aromatic carbocycles. The second kappa shape index (κ2) is 8.14. The van der Waals surface area contributed by atoms with Gasteiger partial charge in [0.2, 0.25) is 5.91 Å². The predicted octanol–water partition coefficient (Wildman–Crippen LogP) is 0.859. The van der Waals surface area contributed by atoms with E-state index in [1.807, 2.05) is 24.9 Å². The fourth-order valence-electron chi connectivity index (χ4n) is 4.28. The van der Waals surface area contributed by atoms with Crippen LogP contribution in [0.3, 0.4) is 0 Å².